The summed E-state index contributed by atoms with van der Waals surface area (Å²) in [5.41, 5.74) is 16.3. The molecule has 1 unspecified atom stereocenters. The molecule has 0 spiro atoms. The maximum Gasteiger partial charge on any atom is 0.129 e. The summed E-state index contributed by atoms with van der Waals surface area (Å²) in [6.45, 7) is 10.6. The quantitative estimate of drug-likeness (QED) is 0.480. The first-order valence-corrected chi connectivity index (χ1v) is 10.9. The van der Waals surface area contributed by atoms with Crippen LogP contribution in [0.2, 0.25) is 0 Å². The first-order chi connectivity index (χ1) is 15.1. The van der Waals surface area contributed by atoms with Gasteiger partial charge in [0.15, 0.2) is 0 Å². The third-order valence-electron chi connectivity index (χ3n) is 6.04. The van der Waals surface area contributed by atoms with Crippen molar-refractivity contribution in [1.82, 2.24) is 0 Å². The molecule has 1 aliphatic heterocycles. The SMILES string of the molecule is COc1cc(F)ccc1-c1ccc2c(c1C(N)c1cc(C)cc(C)c1)C(C)=CC(C)(C)N2. The van der Waals surface area contributed by atoms with E-state index in [1.54, 1.807) is 13.2 Å². The summed E-state index contributed by atoms with van der Waals surface area (Å²) in [6, 6.07) is 14.9. The molecular weight excluding hydrogens is 399 g/mol. The number of fused-ring (bicyclic) bond motifs is 1. The highest BCUT2D eigenvalue weighted by Gasteiger charge is 2.29. The van der Waals surface area contributed by atoms with Crippen LogP contribution in [0.3, 0.4) is 0 Å². The molecule has 1 aliphatic rings. The van der Waals surface area contributed by atoms with Crippen molar-refractivity contribution in [3.05, 3.63) is 88.2 Å². The zero-order chi connectivity index (χ0) is 23.2. The normalized spacial score (nSPS) is 15.4. The smallest absolute Gasteiger partial charge is 0.129 e. The van der Waals surface area contributed by atoms with Crippen LogP contribution >= 0.6 is 0 Å². The number of nitrogens with two attached hydrogens (primary N) is 1. The van der Waals surface area contributed by atoms with E-state index in [-0.39, 0.29) is 17.4 Å². The summed E-state index contributed by atoms with van der Waals surface area (Å²) in [6.07, 6.45) is 2.23. The highest BCUT2D eigenvalue weighted by molar-refractivity contribution is 5.89. The molecule has 3 nitrogen and oxygen atoms in total. The summed E-state index contributed by atoms with van der Waals surface area (Å²) in [5, 5.41) is 3.63. The Balaban J connectivity index is 2.03. The lowest BCUT2D eigenvalue weighted by Gasteiger charge is -2.34. The second-order valence-electron chi connectivity index (χ2n) is 9.37. The van der Waals surface area contributed by atoms with Gasteiger partial charge in [0.05, 0.1) is 18.7 Å². The molecule has 0 saturated carbocycles. The van der Waals surface area contributed by atoms with Crippen molar-refractivity contribution >= 4 is 11.3 Å². The van der Waals surface area contributed by atoms with Crippen LogP contribution in [0, 0.1) is 19.7 Å². The van der Waals surface area contributed by atoms with Crippen molar-refractivity contribution in [3.8, 4) is 16.9 Å². The minimum absolute atomic E-state index is 0.159. The molecule has 0 fully saturated rings. The number of nitrogens with one attached hydrogen (secondary N) is 1. The zero-order valence-electron chi connectivity index (χ0n) is 19.6. The molecule has 3 aromatic carbocycles. The van der Waals surface area contributed by atoms with Gasteiger partial charge in [-0.1, -0.05) is 41.5 Å². The molecule has 3 N–H and O–H groups in total. The van der Waals surface area contributed by atoms with Gasteiger partial charge >= 0.3 is 0 Å². The zero-order valence-corrected chi connectivity index (χ0v) is 19.6. The molecule has 0 aromatic heterocycles. The largest absolute Gasteiger partial charge is 0.496 e. The molecule has 0 saturated heterocycles. The van der Waals surface area contributed by atoms with Crippen molar-refractivity contribution in [2.24, 2.45) is 5.73 Å². The summed E-state index contributed by atoms with van der Waals surface area (Å²) < 4.78 is 19.5. The molecule has 1 atom stereocenters. The van der Waals surface area contributed by atoms with Crippen molar-refractivity contribution in [2.75, 3.05) is 12.4 Å². The third kappa shape index (κ3) is 4.03. The summed E-state index contributed by atoms with van der Waals surface area (Å²) in [4.78, 5) is 0. The molecule has 4 rings (SSSR count). The lowest BCUT2D eigenvalue weighted by molar-refractivity contribution is 0.413. The Bertz CT molecular complexity index is 1210. The molecule has 0 radical (unpaired) electrons. The molecule has 32 heavy (non-hydrogen) atoms. The molecule has 4 heteroatoms. The lowest BCUT2D eigenvalue weighted by Crippen LogP contribution is -2.32. The third-order valence-corrected chi connectivity index (χ3v) is 6.04. The van der Waals surface area contributed by atoms with Gasteiger partial charge in [-0.3, -0.25) is 0 Å². The van der Waals surface area contributed by atoms with Gasteiger partial charge in [0.1, 0.15) is 11.6 Å². The number of hydrogen-bond donors (Lipinski definition) is 2. The summed E-state index contributed by atoms with van der Waals surface area (Å²) in [5.74, 6) is 0.160. The number of anilines is 1. The number of rotatable bonds is 4. The topological polar surface area (TPSA) is 47.3 Å². The van der Waals surface area contributed by atoms with E-state index in [0.29, 0.717) is 5.75 Å². The Labute approximate surface area is 190 Å². The highest BCUT2D eigenvalue weighted by atomic mass is 19.1. The number of ether oxygens (including phenoxy) is 1. The molecule has 166 valence electrons. The average Bonchev–Trinajstić information content (AvgIpc) is 2.71. The van der Waals surface area contributed by atoms with E-state index in [9.17, 15) is 4.39 Å². The van der Waals surface area contributed by atoms with E-state index in [1.807, 2.05) is 0 Å². The number of halogens is 1. The Morgan fingerprint density at radius 3 is 2.25 bits per heavy atom. The molecular formula is C28H31FN2O. The Kier molecular flexibility index (Phi) is 5.59. The van der Waals surface area contributed by atoms with Crippen LogP contribution in [-0.4, -0.2) is 12.6 Å². The van der Waals surface area contributed by atoms with Gasteiger partial charge in [-0.05, 0) is 75.1 Å². The van der Waals surface area contributed by atoms with Gasteiger partial charge < -0.3 is 15.8 Å². The summed E-state index contributed by atoms with van der Waals surface area (Å²) >= 11 is 0. The van der Waals surface area contributed by atoms with Crippen LogP contribution in [0.5, 0.6) is 5.75 Å². The van der Waals surface area contributed by atoms with Crippen LogP contribution < -0.4 is 15.8 Å². The first-order valence-electron chi connectivity index (χ1n) is 10.9. The average molecular weight is 431 g/mol. The number of methoxy groups -OCH3 is 1. The van der Waals surface area contributed by atoms with Crippen LogP contribution in [0.25, 0.3) is 16.7 Å². The Morgan fingerprint density at radius 2 is 1.59 bits per heavy atom. The van der Waals surface area contributed by atoms with Gasteiger partial charge in [0.2, 0.25) is 0 Å². The van der Waals surface area contributed by atoms with Crippen molar-refractivity contribution in [3.63, 3.8) is 0 Å². The number of benzene rings is 3. The van der Waals surface area contributed by atoms with E-state index in [1.165, 1.54) is 28.8 Å². The van der Waals surface area contributed by atoms with Crippen LogP contribution in [-0.2, 0) is 0 Å². The van der Waals surface area contributed by atoms with Crippen LogP contribution in [0.4, 0.5) is 10.1 Å². The monoisotopic (exact) mass is 430 g/mol. The lowest BCUT2D eigenvalue weighted by atomic mass is 9.80. The van der Waals surface area contributed by atoms with Gasteiger partial charge in [-0.25, -0.2) is 4.39 Å². The molecule has 0 aliphatic carbocycles. The minimum atomic E-state index is -0.361. The van der Waals surface area contributed by atoms with Gasteiger partial charge in [0.25, 0.3) is 0 Å². The second-order valence-corrected chi connectivity index (χ2v) is 9.37. The summed E-state index contributed by atoms with van der Waals surface area (Å²) in [7, 11) is 1.56. The standard InChI is InChI=1S/C28H31FN2O/c1-16-11-17(2)13-19(12-16)27(30)26-22(21-8-7-20(29)14-24(21)32-6)9-10-23-25(26)18(3)15-28(4,5)31-23/h7-15,27,31H,30H2,1-6H3. The molecule has 0 amide bonds. The predicted octanol–water partition coefficient (Wildman–Crippen LogP) is 6.77. The second kappa shape index (κ2) is 8.10. The maximum absolute atomic E-state index is 14.0. The van der Waals surface area contributed by atoms with Gasteiger partial charge in [-0.2, -0.15) is 0 Å². The van der Waals surface area contributed by atoms with Crippen molar-refractivity contribution in [1.29, 1.82) is 0 Å². The van der Waals surface area contributed by atoms with E-state index < -0.39 is 0 Å². The number of allylic oxidation sites excluding steroid dienone is 1. The Morgan fingerprint density at radius 1 is 0.938 bits per heavy atom. The van der Waals surface area contributed by atoms with Crippen molar-refractivity contribution < 1.29 is 9.13 Å². The fourth-order valence-corrected chi connectivity index (χ4v) is 4.95. The van der Waals surface area contributed by atoms with Crippen molar-refractivity contribution in [2.45, 2.75) is 46.2 Å². The van der Waals surface area contributed by atoms with Gasteiger partial charge in [0, 0.05) is 22.9 Å². The van der Waals surface area contributed by atoms with Crippen LogP contribution in [0.1, 0.15) is 54.6 Å². The number of hydrogen-bond acceptors (Lipinski definition) is 3. The predicted molar refractivity (Wildman–Crippen MR) is 132 cm³/mol. The number of aryl methyl sites for hydroxylation is 2. The molecule has 3 aromatic rings. The van der Waals surface area contributed by atoms with E-state index in [2.05, 4.69) is 76.3 Å². The maximum atomic E-state index is 14.0. The van der Waals surface area contributed by atoms with E-state index in [0.717, 1.165) is 33.5 Å². The fourth-order valence-electron chi connectivity index (χ4n) is 4.95. The van der Waals surface area contributed by atoms with E-state index >= 15 is 0 Å². The fraction of sp³-hybridized carbons (Fsp3) is 0.286. The van der Waals surface area contributed by atoms with Crippen LogP contribution in [0.15, 0.2) is 54.6 Å². The van der Waals surface area contributed by atoms with Gasteiger partial charge in [-0.15, -0.1) is 0 Å². The minimum Gasteiger partial charge on any atom is -0.496 e. The molecule has 1 heterocycles. The first kappa shape index (κ1) is 22.1. The highest BCUT2D eigenvalue weighted by Crippen LogP contribution is 2.45. The molecule has 0 bridgehead atoms. The van der Waals surface area contributed by atoms with E-state index in [4.69, 9.17) is 10.5 Å². The Hall–Kier alpha value is -3.11.